The first kappa shape index (κ1) is 17.8. The van der Waals surface area contributed by atoms with Crippen LogP contribution < -0.4 is 0 Å². The number of benzene rings is 1. The number of hydrogen-bond acceptors (Lipinski definition) is 9. The third kappa shape index (κ3) is 3.52. The second-order valence-corrected chi connectivity index (χ2v) is 6.54. The molecule has 1 saturated heterocycles. The molecule has 4 atom stereocenters. The van der Waals surface area contributed by atoms with E-state index in [2.05, 4.69) is 14.8 Å². The van der Waals surface area contributed by atoms with Gasteiger partial charge in [0, 0.05) is 12.1 Å². The molecule has 1 aliphatic rings. The van der Waals surface area contributed by atoms with Gasteiger partial charge in [0.2, 0.25) is 0 Å². The molecule has 13 nitrogen and oxygen atoms in total. The zero-order valence-electron chi connectivity index (χ0n) is 12.3. The van der Waals surface area contributed by atoms with Crippen LogP contribution in [0.1, 0.15) is 6.23 Å². The molecule has 2 aromatic rings. The van der Waals surface area contributed by atoms with E-state index in [9.17, 15) is 24.9 Å². The predicted octanol–water partition coefficient (Wildman–Crippen LogP) is -0.932. The van der Waals surface area contributed by atoms with Crippen molar-refractivity contribution >= 4 is 24.5 Å². The average Bonchev–Trinajstić information content (AvgIpc) is 3.06. The number of non-ortho nitro benzene ring substituents is 1. The fourth-order valence-electron chi connectivity index (χ4n) is 2.47. The Morgan fingerprint density at radius 3 is 2.72 bits per heavy atom. The first-order valence-electron chi connectivity index (χ1n) is 6.88. The van der Waals surface area contributed by atoms with Crippen LogP contribution in [0.15, 0.2) is 18.2 Å². The SMILES string of the molecule is O=[N+]([O-])c1ccc2c(c1)nnn2[C@@H]1O[C@H](COP(=O)(O)O)[C@@H](O)[C@H]1O. The Morgan fingerprint density at radius 1 is 1.36 bits per heavy atom. The standard InChI is InChI=1S/C11H13N4O9P/c16-9-8(4-23-25(20,21)22)24-11(10(9)17)14-7-2-1-5(15(18)19)3-6(7)12-13-14/h1-3,8-11,16-17H,4H2,(H2,20,21,22)/t8-,9-,10-,11-/m1/s1. The van der Waals surface area contributed by atoms with Gasteiger partial charge in [-0.05, 0) is 6.07 Å². The minimum Gasteiger partial charge on any atom is -0.387 e. The third-order valence-corrected chi connectivity index (χ3v) is 4.14. The van der Waals surface area contributed by atoms with Crippen molar-refractivity contribution < 1.29 is 38.7 Å². The van der Waals surface area contributed by atoms with E-state index in [1.54, 1.807) is 0 Å². The van der Waals surface area contributed by atoms with E-state index in [0.29, 0.717) is 5.52 Å². The van der Waals surface area contributed by atoms with E-state index in [0.717, 1.165) is 4.68 Å². The van der Waals surface area contributed by atoms with Gasteiger partial charge in [0.25, 0.3) is 5.69 Å². The first-order chi connectivity index (χ1) is 11.7. The number of nitro groups is 1. The summed E-state index contributed by atoms with van der Waals surface area (Å²) in [5.41, 5.74) is 0.285. The molecule has 1 fully saturated rings. The average molecular weight is 376 g/mol. The zero-order chi connectivity index (χ0) is 18.4. The van der Waals surface area contributed by atoms with Gasteiger partial charge in [0.05, 0.1) is 17.0 Å². The quantitative estimate of drug-likeness (QED) is 0.286. The number of ether oxygens (including phenoxy) is 1. The molecular weight excluding hydrogens is 363 g/mol. The maximum Gasteiger partial charge on any atom is 0.469 e. The van der Waals surface area contributed by atoms with Gasteiger partial charge in [-0.1, -0.05) is 5.21 Å². The number of aliphatic hydroxyl groups excluding tert-OH is 2. The fourth-order valence-corrected chi connectivity index (χ4v) is 2.81. The molecule has 25 heavy (non-hydrogen) atoms. The van der Waals surface area contributed by atoms with Gasteiger partial charge in [-0.15, -0.1) is 5.10 Å². The van der Waals surface area contributed by atoms with Crippen molar-refractivity contribution in [2.45, 2.75) is 24.5 Å². The highest BCUT2D eigenvalue weighted by Gasteiger charge is 2.45. The van der Waals surface area contributed by atoms with E-state index in [1.165, 1.54) is 18.2 Å². The normalized spacial score (nSPS) is 27.0. The second-order valence-electron chi connectivity index (χ2n) is 5.30. The minimum atomic E-state index is -4.77. The molecular formula is C11H13N4O9P. The number of hydrogen-bond donors (Lipinski definition) is 4. The minimum absolute atomic E-state index is 0.175. The molecule has 3 rings (SSSR count). The third-order valence-electron chi connectivity index (χ3n) is 3.65. The van der Waals surface area contributed by atoms with E-state index >= 15 is 0 Å². The van der Waals surface area contributed by atoms with Crippen LogP contribution in [0.25, 0.3) is 11.0 Å². The van der Waals surface area contributed by atoms with Crippen molar-refractivity contribution in [2.75, 3.05) is 6.61 Å². The number of phosphoric acid groups is 1. The maximum atomic E-state index is 10.8. The van der Waals surface area contributed by atoms with Crippen LogP contribution >= 0.6 is 7.82 Å². The highest BCUT2D eigenvalue weighted by atomic mass is 31.2. The summed E-state index contributed by atoms with van der Waals surface area (Å²) in [7, 11) is -4.77. The van der Waals surface area contributed by atoms with E-state index in [1.807, 2.05) is 0 Å². The molecule has 2 heterocycles. The number of nitrogens with zero attached hydrogens (tertiary/aromatic N) is 4. The molecule has 1 aliphatic heterocycles. The summed E-state index contributed by atoms with van der Waals surface area (Å²) in [6.45, 7) is -0.656. The van der Waals surface area contributed by atoms with Crippen LogP contribution in [0.4, 0.5) is 5.69 Å². The first-order valence-corrected chi connectivity index (χ1v) is 8.41. The smallest absolute Gasteiger partial charge is 0.387 e. The van der Waals surface area contributed by atoms with Gasteiger partial charge in [-0.25, -0.2) is 9.25 Å². The topological polar surface area (TPSA) is 190 Å². The Morgan fingerprint density at radius 2 is 2.08 bits per heavy atom. The van der Waals surface area contributed by atoms with Gasteiger partial charge < -0.3 is 24.7 Å². The molecule has 1 aromatic carbocycles. The van der Waals surface area contributed by atoms with Gasteiger partial charge in [0.1, 0.15) is 23.8 Å². The Balaban J connectivity index is 1.85. The van der Waals surface area contributed by atoms with Crippen LogP contribution in [-0.4, -0.2) is 64.8 Å². The number of aliphatic hydroxyl groups is 2. The van der Waals surface area contributed by atoms with Gasteiger partial charge in [-0.2, -0.15) is 0 Å². The lowest BCUT2D eigenvalue weighted by atomic mass is 10.1. The summed E-state index contributed by atoms with van der Waals surface area (Å²) >= 11 is 0. The molecule has 1 aromatic heterocycles. The number of aromatic nitrogens is 3. The summed E-state index contributed by atoms with van der Waals surface area (Å²) in [6, 6.07) is 3.76. The molecule has 4 N–H and O–H groups in total. The highest BCUT2D eigenvalue weighted by molar-refractivity contribution is 7.46. The number of rotatable bonds is 5. The summed E-state index contributed by atoms with van der Waals surface area (Å²) < 4.78 is 21.5. The molecule has 0 radical (unpaired) electrons. The molecule has 0 spiro atoms. The molecule has 14 heteroatoms. The Hall–Kier alpha value is -1.99. The number of fused-ring (bicyclic) bond motifs is 1. The van der Waals surface area contributed by atoms with Gasteiger partial charge in [-0.3, -0.25) is 14.6 Å². The van der Waals surface area contributed by atoms with Crippen molar-refractivity contribution in [2.24, 2.45) is 0 Å². The summed E-state index contributed by atoms with van der Waals surface area (Å²) in [5, 5.41) is 38.4. The predicted molar refractivity (Wildman–Crippen MR) is 78.1 cm³/mol. The second kappa shape index (κ2) is 6.38. The van der Waals surface area contributed by atoms with E-state index in [-0.39, 0.29) is 11.2 Å². The van der Waals surface area contributed by atoms with Crippen molar-refractivity contribution in [1.82, 2.24) is 15.0 Å². The van der Waals surface area contributed by atoms with Crippen LogP contribution in [0.5, 0.6) is 0 Å². The summed E-state index contributed by atoms with van der Waals surface area (Å²) in [4.78, 5) is 27.6. The summed E-state index contributed by atoms with van der Waals surface area (Å²) in [5.74, 6) is 0. The lowest BCUT2D eigenvalue weighted by molar-refractivity contribution is -0.384. The lowest BCUT2D eigenvalue weighted by Crippen LogP contribution is -2.33. The van der Waals surface area contributed by atoms with Crippen molar-refractivity contribution in [1.29, 1.82) is 0 Å². The fraction of sp³-hybridized carbons (Fsp3) is 0.455. The molecule has 0 aliphatic carbocycles. The molecule has 136 valence electrons. The molecule has 0 amide bonds. The largest absolute Gasteiger partial charge is 0.469 e. The molecule has 0 saturated carbocycles. The Kier molecular flexibility index (Phi) is 4.55. The lowest BCUT2D eigenvalue weighted by Gasteiger charge is -2.15. The number of phosphoric ester groups is 1. The van der Waals surface area contributed by atoms with Crippen LogP contribution in [0.3, 0.4) is 0 Å². The number of nitro benzene ring substituents is 1. The van der Waals surface area contributed by atoms with E-state index < -0.39 is 43.9 Å². The maximum absolute atomic E-state index is 10.8. The summed E-state index contributed by atoms with van der Waals surface area (Å²) in [6.07, 6.45) is -5.41. The van der Waals surface area contributed by atoms with Crippen molar-refractivity contribution in [3.8, 4) is 0 Å². The molecule has 0 unspecified atom stereocenters. The van der Waals surface area contributed by atoms with E-state index in [4.69, 9.17) is 14.5 Å². The monoisotopic (exact) mass is 376 g/mol. The van der Waals surface area contributed by atoms with Crippen LogP contribution in [0.2, 0.25) is 0 Å². The Labute approximate surface area is 138 Å². The van der Waals surface area contributed by atoms with Gasteiger partial charge in [0.15, 0.2) is 6.23 Å². The molecule has 0 bridgehead atoms. The van der Waals surface area contributed by atoms with Crippen LogP contribution in [-0.2, 0) is 13.8 Å². The highest BCUT2D eigenvalue weighted by Crippen LogP contribution is 2.38. The van der Waals surface area contributed by atoms with Crippen molar-refractivity contribution in [3.05, 3.63) is 28.3 Å². The Bertz CT molecular complexity index is 851. The zero-order valence-corrected chi connectivity index (χ0v) is 13.2. The van der Waals surface area contributed by atoms with Crippen LogP contribution in [0, 0.1) is 10.1 Å². The van der Waals surface area contributed by atoms with Gasteiger partial charge >= 0.3 is 7.82 Å². The van der Waals surface area contributed by atoms with Crippen molar-refractivity contribution in [3.63, 3.8) is 0 Å².